The maximum absolute atomic E-state index is 8.95. The molecule has 0 aliphatic carbocycles. The summed E-state index contributed by atoms with van der Waals surface area (Å²) in [7, 11) is -1.62. The molecule has 0 aromatic rings. The van der Waals surface area contributed by atoms with Crippen molar-refractivity contribution in [3.63, 3.8) is 0 Å². The molecule has 3 nitrogen and oxygen atoms in total. The highest BCUT2D eigenvalue weighted by Crippen LogP contribution is 2.26. The van der Waals surface area contributed by atoms with E-state index in [9.17, 15) is 0 Å². The lowest BCUT2D eigenvalue weighted by Crippen LogP contribution is -2.42. The number of rotatable bonds is 2. The Morgan fingerprint density at radius 2 is 2.17 bits per heavy atom. The van der Waals surface area contributed by atoms with E-state index in [-0.39, 0.29) is 0 Å². The monoisotopic (exact) mass is 185 g/mol. The second-order valence-electron chi connectivity index (χ2n) is 4.12. The van der Waals surface area contributed by atoms with Crippen molar-refractivity contribution < 1.29 is 9.16 Å². The molecule has 0 unspecified atom stereocenters. The van der Waals surface area contributed by atoms with E-state index in [1.807, 2.05) is 0 Å². The zero-order valence-electron chi connectivity index (χ0n) is 7.89. The van der Waals surface area contributed by atoms with Crippen LogP contribution in [0, 0.1) is 11.3 Å². The van der Waals surface area contributed by atoms with Crippen molar-refractivity contribution in [1.82, 2.24) is 0 Å². The molecule has 0 spiro atoms. The maximum Gasteiger partial charge on any atom is 0.186 e. The molecule has 4 heteroatoms. The molecular formula is C8H15NO2Si. The average Bonchev–Trinajstić information content (AvgIpc) is 2.34. The minimum absolute atomic E-state index is 0.438. The van der Waals surface area contributed by atoms with Crippen molar-refractivity contribution in [2.45, 2.75) is 31.7 Å². The van der Waals surface area contributed by atoms with Gasteiger partial charge in [0.1, 0.15) is 0 Å². The third-order valence-corrected chi connectivity index (χ3v) is 2.69. The summed E-state index contributed by atoms with van der Waals surface area (Å²) in [5, 5.41) is 8.95. The van der Waals surface area contributed by atoms with E-state index >= 15 is 0 Å². The lowest BCUT2D eigenvalue weighted by Gasteiger charge is -2.28. The van der Waals surface area contributed by atoms with Crippen molar-refractivity contribution in [3.8, 4) is 6.07 Å². The van der Waals surface area contributed by atoms with Gasteiger partial charge in [0.05, 0.1) is 19.3 Å². The van der Waals surface area contributed by atoms with Gasteiger partial charge in [0.2, 0.25) is 0 Å². The third-order valence-electron chi connectivity index (χ3n) is 1.69. The molecule has 1 atom stereocenters. The molecule has 1 heterocycles. The predicted molar refractivity (Wildman–Crippen MR) is 48.2 cm³/mol. The molecule has 0 amide bonds. The molecule has 0 N–H and O–H groups in total. The summed E-state index contributed by atoms with van der Waals surface area (Å²) in [5.41, 5.74) is -0.634. The Labute approximate surface area is 74.4 Å². The smallest absolute Gasteiger partial charge is 0.186 e. The van der Waals surface area contributed by atoms with Crippen LogP contribution < -0.4 is 0 Å². The molecule has 1 fully saturated rings. The van der Waals surface area contributed by atoms with Gasteiger partial charge in [-0.25, -0.2) is 0 Å². The van der Waals surface area contributed by atoms with E-state index in [0.717, 1.165) is 0 Å². The lowest BCUT2D eigenvalue weighted by atomic mass is 10.1. The van der Waals surface area contributed by atoms with Crippen LogP contribution in [0.25, 0.3) is 0 Å². The van der Waals surface area contributed by atoms with Gasteiger partial charge < -0.3 is 9.16 Å². The highest BCUT2D eigenvalue weighted by atomic mass is 28.4. The Hall–Kier alpha value is -0.373. The van der Waals surface area contributed by atoms with Crippen LogP contribution >= 0.6 is 0 Å². The molecule has 0 radical (unpaired) electrons. The number of nitrogens with zero attached hydrogens (tertiary/aromatic N) is 1. The Balaban J connectivity index is 2.64. The summed E-state index contributed by atoms with van der Waals surface area (Å²) < 4.78 is 11.0. The highest BCUT2D eigenvalue weighted by Gasteiger charge is 2.39. The van der Waals surface area contributed by atoms with E-state index in [1.54, 1.807) is 0 Å². The van der Waals surface area contributed by atoms with Gasteiger partial charge in [0, 0.05) is 6.42 Å². The van der Waals surface area contributed by atoms with E-state index in [2.05, 4.69) is 25.7 Å². The minimum atomic E-state index is -1.62. The fourth-order valence-electron chi connectivity index (χ4n) is 1.32. The first-order valence-corrected chi connectivity index (χ1v) is 7.57. The van der Waals surface area contributed by atoms with Crippen LogP contribution in [0.2, 0.25) is 19.6 Å². The molecule has 1 rings (SSSR count). The Morgan fingerprint density at radius 1 is 1.50 bits per heavy atom. The van der Waals surface area contributed by atoms with Gasteiger partial charge in [-0.15, -0.1) is 0 Å². The molecular weight excluding hydrogens is 170 g/mol. The van der Waals surface area contributed by atoms with Gasteiger partial charge >= 0.3 is 0 Å². The first-order chi connectivity index (χ1) is 5.47. The van der Waals surface area contributed by atoms with Crippen molar-refractivity contribution in [1.29, 1.82) is 5.26 Å². The number of hydrogen-bond donors (Lipinski definition) is 0. The summed E-state index contributed by atoms with van der Waals surface area (Å²) in [5.74, 6) is 0. The quantitative estimate of drug-likeness (QED) is 0.613. The second-order valence-corrected chi connectivity index (χ2v) is 8.55. The van der Waals surface area contributed by atoms with Crippen LogP contribution in [-0.4, -0.2) is 27.1 Å². The van der Waals surface area contributed by atoms with Gasteiger partial charge in [-0.3, -0.25) is 0 Å². The highest BCUT2D eigenvalue weighted by molar-refractivity contribution is 6.69. The fraction of sp³-hybridized carbons (Fsp3) is 0.875. The predicted octanol–water partition coefficient (Wildman–Crippen LogP) is 1.52. The standard InChI is InChI=1S/C8H15NO2Si/c1-12(2,3)11-8(6-9)4-5-10-7-8/h4-5,7H2,1-3H3/t8-/m0/s1. The summed E-state index contributed by atoms with van der Waals surface area (Å²) in [6, 6.07) is 2.22. The number of nitriles is 1. The normalized spacial score (nSPS) is 30.2. The van der Waals surface area contributed by atoms with Gasteiger partial charge in [-0.2, -0.15) is 5.26 Å². The Morgan fingerprint density at radius 3 is 2.50 bits per heavy atom. The maximum atomic E-state index is 8.95. The minimum Gasteiger partial charge on any atom is -0.398 e. The molecule has 0 aromatic carbocycles. The molecule has 1 saturated heterocycles. The van der Waals surface area contributed by atoms with Gasteiger partial charge in [-0.1, -0.05) is 0 Å². The van der Waals surface area contributed by atoms with Crippen LogP contribution in [0.15, 0.2) is 0 Å². The van der Waals surface area contributed by atoms with Crippen molar-refractivity contribution in [2.24, 2.45) is 0 Å². The van der Waals surface area contributed by atoms with Crippen LogP contribution in [-0.2, 0) is 9.16 Å². The zero-order valence-corrected chi connectivity index (χ0v) is 8.89. The van der Waals surface area contributed by atoms with Gasteiger partial charge in [0.15, 0.2) is 13.9 Å². The largest absolute Gasteiger partial charge is 0.398 e. The fourth-order valence-corrected chi connectivity index (χ4v) is 2.70. The Bertz CT molecular complexity index is 198. The summed E-state index contributed by atoms with van der Waals surface area (Å²) in [6.45, 7) is 7.35. The summed E-state index contributed by atoms with van der Waals surface area (Å²) >= 11 is 0. The molecule has 1 aliphatic rings. The van der Waals surface area contributed by atoms with Crippen molar-refractivity contribution >= 4 is 8.32 Å². The third kappa shape index (κ3) is 2.31. The lowest BCUT2D eigenvalue weighted by molar-refractivity contribution is 0.0897. The molecule has 0 saturated carbocycles. The number of ether oxygens (including phenoxy) is 1. The number of hydrogen-bond acceptors (Lipinski definition) is 3. The van der Waals surface area contributed by atoms with Crippen LogP contribution in [0.4, 0.5) is 0 Å². The van der Waals surface area contributed by atoms with E-state index < -0.39 is 13.9 Å². The first-order valence-electron chi connectivity index (χ1n) is 4.17. The Kier molecular flexibility index (Phi) is 2.57. The zero-order chi connectivity index (χ0) is 9.24. The molecule has 12 heavy (non-hydrogen) atoms. The van der Waals surface area contributed by atoms with Gasteiger partial charge in [0.25, 0.3) is 0 Å². The molecule has 1 aliphatic heterocycles. The van der Waals surface area contributed by atoms with E-state index in [1.165, 1.54) is 0 Å². The van der Waals surface area contributed by atoms with E-state index in [0.29, 0.717) is 19.6 Å². The molecule has 0 bridgehead atoms. The topological polar surface area (TPSA) is 42.2 Å². The van der Waals surface area contributed by atoms with E-state index in [4.69, 9.17) is 14.4 Å². The SMILES string of the molecule is C[Si](C)(C)O[C@]1(C#N)CCOC1. The van der Waals surface area contributed by atoms with Crippen molar-refractivity contribution in [3.05, 3.63) is 0 Å². The summed E-state index contributed by atoms with van der Waals surface area (Å²) in [4.78, 5) is 0. The average molecular weight is 185 g/mol. The molecule has 0 aromatic heterocycles. The summed E-state index contributed by atoms with van der Waals surface area (Å²) in [6.07, 6.45) is 0.716. The van der Waals surface area contributed by atoms with Gasteiger partial charge in [-0.05, 0) is 19.6 Å². The van der Waals surface area contributed by atoms with Crippen LogP contribution in [0.3, 0.4) is 0 Å². The van der Waals surface area contributed by atoms with Crippen molar-refractivity contribution in [2.75, 3.05) is 13.2 Å². The van der Waals surface area contributed by atoms with Crippen LogP contribution in [0.5, 0.6) is 0 Å². The van der Waals surface area contributed by atoms with Crippen LogP contribution in [0.1, 0.15) is 6.42 Å². The second kappa shape index (κ2) is 3.17. The first kappa shape index (κ1) is 9.71. The molecule has 68 valence electrons.